The number of hydrogen-bond donors (Lipinski definition) is 0. The van der Waals surface area contributed by atoms with Crippen molar-refractivity contribution in [1.82, 2.24) is 0 Å². The number of rotatable bonds is 4. The number of fused-ring (bicyclic) bond motifs is 7. The van der Waals surface area contributed by atoms with Gasteiger partial charge in [-0.05, 0) is 88.7 Å². The summed E-state index contributed by atoms with van der Waals surface area (Å²) < 4.78 is 2.65. The van der Waals surface area contributed by atoms with Crippen LogP contribution in [0, 0.1) is 0 Å². The minimum atomic E-state index is 1.26. The summed E-state index contributed by atoms with van der Waals surface area (Å²) in [6.07, 6.45) is 0. The van der Waals surface area contributed by atoms with Crippen molar-refractivity contribution in [3.05, 3.63) is 168 Å². The fourth-order valence-electron chi connectivity index (χ4n) is 8.38. The molecule has 3 aromatic heterocycles. The van der Waals surface area contributed by atoms with Crippen LogP contribution >= 0.6 is 34.0 Å². The van der Waals surface area contributed by atoms with Gasteiger partial charge in [-0.1, -0.05) is 140 Å². The number of benzene rings is 8. The van der Waals surface area contributed by atoms with Gasteiger partial charge in [-0.2, -0.15) is 0 Å². The maximum atomic E-state index is 2.44. The van der Waals surface area contributed by atoms with E-state index in [1.807, 2.05) is 34.0 Å². The molecule has 0 radical (unpaired) electrons. The lowest BCUT2D eigenvalue weighted by molar-refractivity contribution is 1.72. The first-order valence-electron chi connectivity index (χ1n) is 17.2. The molecule has 238 valence electrons. The van der Waals surface area contributed by atoms with Gasteiger partial charge in [0.2, 0.25) is 0 Å². The van der Waals surface area contributed by atoms with Gasteiger partial charge in [-0.3, -0.25) is 0 Å². The molecule has 0 aliphatic heterocycles. The van der Waals surface area contributed by atoms with E-state index in [9.17, 15) is 0 Å². The molecular formula is C48H28S3. The first-order valence-corrected chi connectivity index (χ1v) is 19.8. The second-order valence-electron chi connectivity index (χ2n) is 13.1. The molecule has 0 aliphatic rings. The molecule has 11 rings (SSSR count). The Bertz CT molecular complexity index is 3010. The molecule has 3 heteroatoms. The Morgan fingerprint density at radius 1 is 0.314 bits per heavy atom. The van der Waals surface area contributed by atoms with Crippen molar-refractivity contribution in [2.75, 3.05) is 0 Å². The Hall–Kier alpha value is -5.58. The van der Waals surface area contributed by atoms with E-state index in [1.165, 1.54) is 106 Å². The number of hydrogen-bond acceptors (Lipinski definition) is 3. The predicted octanol–water partition coefficient (Wildman–Crippen LogP) is 15.5. The van der Waals surface area contributed by atoms with Crippen molar-refractivity contribution in [1.29, 1.82) is 0 Å². The normalized spacial score (nSPS) is 11.9. The summed E-state index contributed by atoms with van der Waals surface area (Å²) in [4.78, 5) is 2.62. The van der Waals surface area contributed by atoms with Gasteiger partial charge >= 0.3 is 0 Å². The van der Waals surface area contributed by atoms with Gasteiger partial charge in [0.05, 0.1) is 0 Å². The quantitative estimate of drug-likeness (QED) is 0.160. The molecule has 0 amide bonds. The van der Waals surface area contributed by atoms with E-state index in [-0.39, 0.29) is 0 Å². The highest BCUT2D eigenvalue weighted by Crippen LogP contribution is 2.50. The van der Waals surface area contributed by atoms with E-state index in [4.69, 9.17) is 0 Å². The molecule has 0 bridgehead atoms. The third-order valence-electron chi connectivity index (χ3n) is 10.5. The Kier molecular flexibility index (Phi) is 6.57. The zero-order valence-electron chi connectivity index (χ0n) is 27.4. The smallest absolute Gasteiger partial charge is 0.0434 e. The molecule has 0 unspecified atom stereocenters. The van der Waals surface area contributed by atoms with E-state index in [1.54, 1.807) is 0 Å². The van der Waals surface area contributed by atoms with Crippen LogP contribution in [-0.4, -0.2) is 0 Å². The fraction of sp³-hybridized carbons (Fsp3) is 0. The predicted molar refractivity (Wildman–Crippen MR) is 227 cm³/mol. The molecule has 0 nitrogen and oxygen atoms in total. The van der Waals surface area contributed by atoms with Crippen molar-refractivity contribution in [2.45, 2.75) is 0 Å². The van der Waals surface area contributed by atoms with Crippen LogP contribution < -0.4 is 0 Å². The minimum absolute atomic E-state index is 1.26. The lowest BCUT2D eigenvalue weighted by Crippen LogP contribution is -1.89. The first-order chi connectivity index (χ1) is 25.3. The summed E-state index contributed by atoms with van der Waals surface area (Å²) in [5.41, 5.74) is 7.85. The maximum absolute atomic E-state index is 2.44. The van der Waals surface area contributed by atoms with Gasteiger partial charge in [0.1, 0.15) is 0 Å². The average Bonchev–Trinajstić information content (AvgIpc) is 3.98. The van der Waals surface area contributed by atoms with Gasteiger partial charge in [0.15, 0.2) is 0 Å². The molecule has 3 heterocycles. The van der Waals surface area contributed by atoms with Crippen molar-refractivity contribution in [3.8, 4) is 43.1 Å². The SMILES string of the molecule is c1csc(-c2c3ccccc3c(-c3ccc4c(c3)sc3c(-c5c6ccccc6c(-c6cccs6)c6ccccc56)cccc34)c3ccccc23)c1. The van der Waals surface area contributed by atoms with E-state index >= 15 is 0 Å². The van der Waals surface area contributed by atoms with Crippen LogP contribution in [0.1, 0.15) is 0 Å². The van der Waals surface area contributed by atoms with Crippen LogP contribution in [0.5, 0.6) is 0 Å². The van der Waals surface area contributed by atoms with Crippen molar-refractivity contribution in [3.63, 3.8) is 0 Å². The molecule has 11 aromatic rings. The fourth-order valence-corrected chi connectivity index (χ4v) is 11.2. The third kappa shape index (κ3) is 4.36. The summed E-state index contributed by atoms with van der Waals surface area (Å²) in [7, 11) is 0. The molecule has 0 saturated heterocycles. The summed E-state index contributed by atoms with van der Waals surface area (Å²) in [6.45, 7) is 0. The van der Waals surface area contributed by atoms with Gasteiger partial charge in [0, 0.05) is 46.6 Å². The first kappa shape index (κ1) is 29.2. The molecule has 0 atom stereocenters. The molecule has 0 aliphatic carbocycles. The summed E-state index contributed by atoms with van der Waals surface area (Å²) >= 11 is 5.56. The highest BCUT2D eigenvalue weighted by atomic mass is 32.1. The topological polar surface area (TPSA) is 0 Å². The molecule has 0 saturated carbocycles. The van der Waals surface area contributed by atoms with Crippen LogP contribution in [0.25, 0.3) is 106 Å². The van der Waals surface area contributed by atoms with Crippen LogP contribution in [0.2, 0.25) is 0 Å². The van der Waals surface area contributed by atoms with Crippen LogP contribution in [0.15, 0.2) is 168 Å². The van der Waals surface area contributed by atoms with E-state index < -0.39 is 0 Å². The van der Waals surface area contributed by atoms with Gasteiger partial charge in [-0.25, -0.2) is 0 Å². The molecule has 0 fully saturated rings. The van der Waals surface area contributed by atoms with E-state index in [0.717, 1.165) is 0 Å². The third-order valence-corrected chi connectivity index (χ3v) is 13.4. The van der Waals surface area contributed by atoms with Crippen LogP contribution in [0.3, 0.4) is 0 Å². The monoisotopic (exact) mass is 700 g/mol. The Morgan fingerprint density at radius 2 is 0.765 bits per heavy atom. The van der Waals surface area contributed by atoms with E-state index in [0.29, 0.717) is 0 Å². The Labute approximate surface area is 307 Å². The molecule has 0 spiro atoms. The Balaban J connectivity index is 1.18. The summed E-state index contributed by atoms with van der Waals surface area (Å²) in [5, 5.41) is 17.4. The van der Waals surface area contributed by atoms with Crippen molar-refractivity contribution >= 4 is 97.3 Å². The molecular weight excluding hydrogens is 673 g/mol. The molecule has 51 heavy (non-hydrogen) atoms. The lowest BCUT2D eigenvalue weighted by atomic mass is 9.87. The zero-order valence-corrected chi connectivity index (χ0v) is 29.8. The summed E-state index contributed by atoms with van der Waals surface area (Å²) in [6, 6.07) is 58.7. The zero-order chi connectivity index (χ0) is 33.5. The highest BCUT2D eigenvalue weighted by molar-refractivity contribution is 7.26. The molecule has 0 N–H and O–H groups in total. The minimum Gasteiger partial charge on any atom is -0.144 e. The maximum Gasteiger partial charge on any atom is 0.0434 e. The second-order valence-corrected chi connectivity index (χ2v) is 16.1. The van der Waals surface area contributed by atoms with Gasteiger partial charge in [-0.15, -0.1) is 34.0 Å². The standard InChI is InChI=1S/C48H28S3/c1-5-16-35-31(12-1)44(32-13-2-6-17-36(32)46(35)41-22-10-26-49-41)29-24-25-30-39-20-9-21-40(48(39)51-43(30)28-29)45-33-14-3-7-18-37(33)47(42-23-11-27-50-42)38-19-8-4-15-34(38)45/h1-28H. The Morgan fingerprint density at radius 3 is 1.24 bits per heavy atom. The largest absolute Gasteiger partial charge is 0.144 e. The van der Waals surface area contributed by atoms with E-state index in [2.05, 4.69) is 168 Å². The van der Waals surface area contributed by atoms with Crippen LogP contribution in [0.4, 0.5) is 0 Å². The lowest BCUT2D eigenvalue weighted by Gasteiger charge is -2.17. The van der Waals surface area contributed by atoms with Gasteiger partial charge < -0.3 is 0 Å². The van der Waals surface area contributed by atoms with Crippen molar-refractivity contribution in [2.24, 2.45) is 0 Å². The second kappa shape index (κ2) is 11.5. The summed E-state index contributed by atoms with van der Waals surface area (Å²) in [5.74, 6) is 0. The molecule has 8 aromatic carbocycles. The number of thiophene rings is 3. The van der Waals surface area contributed by atoms with Crippen LogP contribution in [-0.2, 0) is 0 Å². The van der Waals surface area contributed by atoms with Gasteiger partial charge in [0.25, 0.3) is 0 Å². The highest BCUT2D eigenvalue weighted by Gasteiger charge is 2.21. The average molecular weight is 701 g/mol. The van der Waals surface area contributed by atoms with Crippen molar-refractivity contribution < 1.29 is 0 Å².